The first-order valence-electron chi connectivity index (χ1n) is 7.73. The Morgan fingerprint density at radius 3 is 0.458 bits per heavy atom. The zero-order valence-electron chi connectivity index (χ0n) is 15.5. The summed E-state index contributed by atoms with van der Waals surface area (Å²) in [5.41, 5.74) is 44.6. The minimum Gasteiger partial charge on any atom is -0.398 e. The summed E-state index contributed by atoms with van der Waals surface area (Å²) in [6.07, 6.45) is 0. The van der Waals surface area contributed by atoms with E-state index in [1.807, 2.05) is 41.5 Å². The fourth-order valence-electron chi connectivity index (χ4n) is 2.56. The van der Waals surface area contributed by atoms with E-state index in [9.17, 15) is 0 Å². The van der Waals surface area contributed by atoms with Gasteiger partial charge in [-0.1, -0.05) is 0 Å². The van der Waals surface area contributed by atoms with Gasteiger partial charge in [0.2, 0.25) is 0 Å². The van der Waals surface area contributed by atoms with Gasteiger partial charge >= 0.3 is 0 Å². The van der Waals surface area contributed by atoms with Crippen molar-refractivity contribution in [2.45, 2.75) is 41.5 Å². The van der Waals surface area contributed by atoms with Crippen LogP contribution in [0.4, 0.5) is 34.1 Å². The highest BCUT2D eigenvalue weighted by molar-refractivity contribution is 5.78. The van der Waals surface area contributed by atoms with Gasteiger partial charge in [-0.25, -0.2) is 0 Å². The average Bonchev–Trinajstić information content (AvgIpc) is 2.58. The zero-order valence-corrected chi connectivity index (χ0v) is 15.5. The Morgan fingerprint density at radius 1 is 0.292 bits per heavy atom. The topological polar surface area (TPSA) is 156 Å². The molecule has 0 aliphatic carbocycles. The minimum atomic E-state index is 0.704. The Labute approximate surface area is 144 Å². The number of hydrogen-bond donors (Lipinski definition) is 6. The summed E-state index contributed by atoms with van der Waals surface area (Å²) in [6, 6.07) is 0. The van der Waals surface area contributed by atoms with Crippen molar-refractivity contribution in [1.29, 1.82) is 0 Å². The van der Waals surface area contributed by atoms with Crippen molar-refractivity contribution in [3.05, 3.63) is 33.4 Å². The van der Waals surface area contributed by atoms with Crippen LogP contribution in [0.3, 0.4) is 0 Å². The molecule has 0 saturated heterocycles. The molecule has 0 radical (unpaired) electrons. The fourth-order valence-corrected chi connectivity index (χ4v) is 2.56. The van der Waals surface area contributed by atoms with Crippen molar-refractivity contribution >= 4 is 34.1 Å². The Balaban J connectivity index is 0.000000240. The SMILES string of the molecule is Cc1c(N)c(C)c(N)c(C)c1N.Cc1c(N)c(C)c(N)c(C)c1N. The Morgan fingerprint density at radius 2 is 0.375 bits per heavy atom. The van der Waals surface area contributed by atoms with Crippen LogP contribution < -0.4 is 34.4 Å². The standard InChI is InChI=1S/2C9H15N3/c2*1-4-7(10)5(2)9(12)6(3)8(4)11/h2*10-12H2,1-3H3. The van der Waals surface area contributed by atoms with E-state index in [4.69, 9.17) is 34.4 Å². The van der Waals surface area contributed by atoms with Gasteiger partial charge < -0.3 is 34.4 Å². The maximum Gasteiger partial charge on any atom is 0.0415 e. The smallest absolute Gasteiger partial charge is 0.0415 e. The third-order valence-corrected chi connectivity index (χ3v) is 4.85. The molecule has 12 N–H and O–H groups in total. The molecule has 2 aromatic rings. The molecule has 2 rings (SSSR count). The first-order valence-corrected chi connectivity index (χ1v) is 7.73. The van der Waals surface area contributed by atoms with Crippen LogP contribution in [0.25, 0.3) is 0 Å². The van der Waals surface area contributed by atoms with E-state index >= 15 is 0 Å². The van der Waals surface area contributed by atoms with Gasteiger partial charge in [0, 0.05) is 34.1 Å². The van der Waals surface area contributed by atoms with Gasteiger partial charge in [0.1, 0.15) is 0 Å². The van der Waals surface area contributed by atoms with Gasteiger partial charge in [0.25, 0.3) is 0 Å². The molecule has 0 bridgehead atoms. The van der Waals surface area contributed by atoms with Crippen LogP contribution in [-0.2, 0) is 0 Å². The van der Waals surface area contributed by atoms with E-state index in [0.717, 1.165) is 33.4 Å². The molecule has 0 unspecified atom stereocenters. The molecule has 0 spiro atoms. The summed E-state index contributed by atoms with van der Waals surface area (Å²) in [5.74, 6) is 0. The van der Waals surface area contributed by atoms with Gasteiger partial charge in [-0.3, -0.25) is 0 Å². The summed E-state index contributed by atoms with van der Waals surface area (Å²) in [5, 5.41) is 0. The number of anilines is 6. The molecule has 132 valence electrons. The maximum atomic E-state index is 5.79. The zero-order chi connectivity index (χ0) is 18.9. The van der Waals surface area contributed by atoms with Crippen LogP contribution in [0.2, 0.25) is 0 Å². The molecule has 0 saturated carbocycles. The molecule has 0 atom stereocenters. The number of benzene rings is 2. The van der Waals surface area contributed by atoms with Crippen molar-refractivity contribution in [1.82, 2.24) is 0 Å². The van der Waals surface area contributed by atoms with Gasteiger partial charge in [0.15, 0.2) is 0 Å². The second-order valence-electron chi connectivity index (χ2n) is 6.23. The Kier molecular flexibility index (Phi) is 5.45. The summed E-state index contributed by atoms with van der Waals surface area (Å²) >= 11 is 0. The van der Waals surface area contributed by atoms with E-state index in [-0.39, 0.29) is 0 Å². The fraction of sp³-hybridized carbons (Fsp3) is 0.333. The lowest BCUT2D eigenvalue weighted by Crippen LogP contribution is -2.05. The monoisotopic (exact) mass is 330 g/mol. The molecule has 6 heteroatoms. The lowest BCUT2D eigenvalue weighted by Gasteiger charge is -2.14. The van der Waals surface area contributed by atoms with Crippen molar-refractivity contribution in [2.75, 3.05) is 34.4 Å². The molecule has 24 heavy (non-hydrogen) atoms. The molecule has 6 nitrogen and oxygen atoms in total. The number of rotatable bonds is 0. The lowest BCUT2D eigenvalue weighted by molar-refractivity contribution is 1.33. The van der Waals surface area contributed by atoms with E-state index in [0.29, 0.717) is 34.1 Å². The third-order valence-electron chi connectivity index (χ3n) is 4.85. The molecule has 0 aliphatic rings. The molecule has 0 heterocycles. The predicted octanol–water partition coefficient (Wildman–Crippen LogP) is 2.72. The average molecular weight is 330 g/mol. The van der Waals surface area contributed by atoms with E-state index in [1.165, 1.54) is 0 Å². The Hall–Kier alpha value is -2.76. The molecular weight excluding hydrogens is 300 g/mol. The number of nitrogens with two attached hydrogens (primary N) is 6. The van der Waals surface area contributed by atoms with Crippen LogP contribution in [0, 0.1) is 41.5 Å². The molecular formula is C18H30N6. The quantitative estimate of drug-likeness (QED) is 0.408. The summed E-state index contributed by atoms with van der Waals surface area (Å²) < 4.78 is 0. The maximum absolute atomic E-state index is 5.79. The Bertz CT molecular complexity index is 516. The molecule has 0 aliphatic heterocycles. The summed E-state index contributed by atoms with van der Waals surface area (Å²) in [6.45, 7) is 11.4. The van der Waals surface area contributed by atoms with E-state index < -0.39 is 0 Å². The van der Waals surface area contributed by atoms with Crippen LogP contribution >= 0.6 is 0 Å². The largest absolute Gasteiger partial charge is 0.398 e. The van der Waals surface area contributed by atoms with Crippen LogP contribution in [0.1, 0.15) is 33.4 Å². The number of hydrogen-bond acceptors (Lipinski definition) is 6. The second kappa shape index (κ2) is 6.78. The first-order chi connectivity index (χ1) is 10.9. The molecule has 0 amide bonds. The van der Waals surface area contributed by atoms with Gasteiger partial charge in [0.05, 0.1) is 0 Å². The molecule has 2 aromatic carbocycles. The van der Waals surface area contributed by atoms with Crippen LogP contribution in [0.15, 0.2) is 0 Å². The highest BCUT2D eigenvalue weighted by Gasteiger charge is 2.11. The highest BCUT2D eigenvalue weighted by Crippen LogP contribution is 2.33. The van der Waals surface area contributed by atoms with Gasteiger partial charge in [-0.05, 0) is 74.9 Å². The molecule has 0 aromatic heterocycles. The number of nitrogen functional groups attached to an aromatic ring is 6. The van der Waals surface area contributed by atoms with E-state index in [2.05, 4.69) is 0 Å². The van der Waals surface area contributed by atoms with Crippen LogP contribution in [0.5, 0.6) is 0 Å². The van der Waals surface area contributed by atoms with Crippen molar-refractivity contribution in [3.63, 3.8) is 0 Å². The lowest BCUT2D eigenvalue weighted by atomic mass is 10.0. The van der Waals surface area contributed by atoms with Gasteiger partial charge in [-0.15, -0.1) is 0 Å². The molecule has 0 fully saturated rings. The normalized spacial score (nSPS) is 10.2. The van der Waals surface area contributed by atoms with Crippen molar-refractivity contribution in [3.8, 4) is 0 Å². The van der Waals surface area contributed by atoms with Crippen LogP contribution in [-0.4, -0.2) is 0 Å². The van der Waals surface area contributed by atoms with Gasteiger partial charge in [-0.2, -0.15) is 0 Å². The minimum absolute atomic E-state index is 0.704. The second-order valence-corrected chi connectivity index (χ2v) is 6.23. The van der Waals surface area contributed by atoms with E-state index in [1.54, 1.807) is 0 Å². The summed E-state index contributed by atoms with van der Waals surface area (Å²) in [4.78, 5) is 0. The predicted molar refractivity (Wildman–Crippen MR) is 108 cm³/mol. The van der Waals surface area contributed by atoms with Crippen molar-refractivity contribution in [2.24, 2.45) is 0 Å². The van der Waals surface area contributed by atoms with Crippen molar-refractivity contribution < 1.29 is 0 Å². The third kappa shape index (κ3) is 3.13. The highest BCUT2D eigenvalue weighted by atomic mass is 14.7. The summed E-state index contributed by atoms with van der Waals surface area (Å²) in [7, 11) is 0. The first kappa shape index (κ1) is 19.3.